The number of nitrogens with zero attached hydrogens (tertiary/aromatic N) is 1. The van der Waals surface area contributed by atoms with Crippen molar-refractivity contribution < 1.29 is 4.39 Å². The van der Waals surface area contributed by atoms with Gasteiger partial charge in [0.15, 0.2) is 0 Å². The third-order valence-electron chi connectivity index (χ3n) is 2.94. The van der Waals surface area contributed by atoms with Crippen molar-refractivity contribution in [2.75, 3.05) is 7.05 Å². The topological polar surface area (TPSA) is 24.9 Å². The SMILES string of the molecule is CNC(c1nc(C(C)C)cs1)c1ccc(Cl)cc1F. The molecule has 0 radical (unpaired) electrons. The third kappa shape index (κ3) is 3.14. The molecule has 0 spiro atoms. The van der Waals surface area contributed by atoms with Gasteiger partial charge in [0.1, 0.15) is 10.8 Å². The minimum Gasteiger partial charge on any atom is -0.307 e. The van der Waals surface area contributed by atoms with Crippen molar-refractivity contribution in [3.05, 3.63) is 50.7 Å². The van der Waals surface area contributed by atoms with Crippen molar-refractivity contribution in [1.82, 2.24) is 10.3 Å². The van der Waals surface area contributed by atoms with E-state index < -0.39 is 0 Å². The lowest BCUT2D eigenvalue weighted by Gasteiger charge is -2.15. The molecule has 0 aliphatic rings. The smallest absolute Gasteiger partial charge is 0.129 e. The monoisotopic (exact) mass is 298 g/mol. The summed E-state index contributed by atoms with van der Waals surface area (Å²) < 4.78 is 14.0. The normalized spacial score (nSPS) is 12.9. The summed E-state index contributed by atoms with van der Waals surface area (Å²) in [6.45, 7) is 4.19. The zero-order valence-corrected chi connectivity index (χ0v) is 12.6. The Labute approximate surface area is 121 Å². The molecule has 2 rings (SSSR count). The molecule has 5 heteroatoms. The molecule has 1 N–H and O–H groups in total. The van der Waals surface area contributed by atoms with Crippen molar-refractivity contribution in [2.45, 2.75) is 25.8 Å². The second kappa shape index (κ2) is 5.99. The molecule has 0 saturated heterocycles. The van der Waals surface area contributed by atoms with E-state index in [-0.39, 0.29) is 11.9 Å². The largest absolute Gasteiger partial charge is 0.307 e. The fourth-order valence-electron chi connectivity index (χ4n) is 1.85. The lowest BCUT2D eigenvalue weighted by Crippen LogP contribution is -2.19. The summed E-state index contributed by atoms with van der Waals surface area (Å²) in [6.07, 6.45) is 0. The lowest BCUT2D eigenvalue weighted by atomic mass is 10.1. The number of halogens is 2. The summed E-state index contributed by atoms with van der Waals surface area (Å²) in [5.41, 5.74) is 1.60. The van der Waals surface area contributed by atoms with Crippen molar-refractivity contribution in [1.29, 1.82) is 0 Å². The number of rotatable bonds is 4. The van der Waals surface area contributed by atoms with Gasteiger partial charge < -0.3 is 5.32 Å². The Bertz CT molecular complexity index is 568. The van der Waals surface area contributed by atoms with Gasteiger partial charge in [-0.1, -0.05) is 31.5 Å². The Morgan fingerprint density at radius 3 is 2.63 bits per heavy atom. The molecule has 2 nitrogen and oxygen atoms in total. The first-order valence-corrected chi connectivity index (χ1v) is 7.36. The highest BCUT2D eigenvalue weighted by Crippen LogP contribution is 2.29. The van der Waals surface area contributed by atoms with Crippen LogP contribution in [-0.4, -0.2) is 12.0 Å². The second-order valence-electron chi connectivity index (χ2n) is 4.65. The quantitative estimate of drug-likeness (QED) is 0.907. The van der Waals surface area contributed by atoms with Gasteiger partial charge in [-0.05, 0) is 25.1 Å². The van der Waals surface area contributed by atoms with Crippen LogP contribution in [0, 0.1) is 5.82 Å². The van der Waals surface area contributed by atoms with Gasteiger partial charge in [-0.2, -0.15) is 0 Å². The minimum absolute atomic E-state index is 0.241. The van der Waals surface area contributed by atoms with Crippen LogP contribution in [0.15, 0.2) is 23.6 Å². The Kier molecular flexibility index (Phi) is 4.55. The molecule has 0 bridgehead atoms. The van der Waals surface area contributed by atoms with E-state index in [0.29, 0.717) is 16.5 Å². The Morgan fingerprint density at radius 1 is 1.37 bits per heavy atom. The zero-order chi connectivity index (χ0) is 14.0. The average Bonchev–Trinajstić information content (AvgIpc) is 2.82. The van der Waals surface area contributed by atoms with Gasteiger partial charge in [-0.3, -0.25) is 0 Å². The maximum absolute atomic E-state index is 14.0. The maximum atomic E-state index is 14.0. The highest BCUT2D eigenvalue weighted by Gasteiger charge is 2.20. The van der Waals surface area contributed by atoms with Gasteiger partial charge in [0.05, 0.1) is 11.7 Å². The van der Waals surface area contributed by atoms with Crippen LogP contribution in [0.2, 0.25) is 5.02 Å². The Balaban J connectivity index is 2.38. The number of hydrogen-bond acceptors (Lipinski definition) is 3. The van der Waals surface area contributed by atoms with Crippen LogP contribution in [0.4, 0.5) is 4.39 Å². The molecule has 1 aromatic heterocycles. The van der Waals surface area contributed by atoms with Gasteiger partial charge in [-0.15, -0.1) is 11.3 Å². The van der Waals surface area contributed by atoms with Crippen LogP contribution in [0.25, 0.3) is 0 Å². The average molecular weight is 299 g/mol. The predicted molar refractivity (Wildman–Crippen MR) is 78.5 cm³/mol. The summed E-state index contributed by atoms with van der Waals surface area (Å²) in [5.74, 6) is 0.0608. The fourth-order valence-corrected chi connectivity index (χ4v) is 3.11. The van der Waals surface area contributed by atoms with Crippen molar-refractivity contribution in [2.24, 2.45) is 0 Å². The number of nitrogens with one attached hydrogen (secondary N) is 1. The fraction of sp³-hybridized carbons (Fsp3) is 0.357. The molecule has 0 fully saturated rings. The van der Waals surface area contributed by atoms with Gasteiger partial charge >= 0.3 is 0 Å². The third-order valence-corrected chi connectivity index (χ3v) is 4.10. The number of benzene rings is 1. The molecule has 102 valence electrons. The summed E-state index contributed by atoms with van der Waals surface area (Å²) in [4.78, 5) is 4.58. The first-order valence-electron chi connectivity index (χ1n) is 6.10. The zero-order valence-electron chi connectivity index (χ0n) is 11.1. The predicted octanol–water partition coefficient (Wildman–Crippen LogP) is 4.37. The molecule has 1 aromatic carbocycles. The van der Waals surface area contributed by atoms with Crippen LogP contribution < -0.4 is 5.32 Å². The van der Waals surface area contributed by atoms with E-state index >= 15 is 0 Å². The van der Waals surface area contributed by atoms with E-state index in [1.165, 1.54) is 6.07 Å². The van der Waals surface area contributed by atoms with E-state index in [4.69, 9.17) is 11.6 Å². The van der Waals surface area contributed by atoms with Crippen LogP contribution in [0.5, 0.6) is 0 Å². The molecular formula is C14H16ClFN2S. The molecule has 1 heterocycles. The Morgan fingerprint density at radius 2 is 2.11 bits per heavy atom. The molecule has 0 saturated carbocycles. The first-order chi connectivity index (χ1) is 9.02. The van der Waals surface area contributed by atoms with Gasteiger partial charge in [0.25, 0.3) is 0 Å². The van der Waals surface area contributed by atoms with Gasteiger partial charge in [0, 0.05) is 16.0 Å². The molecule has 1 atom stereocenters. The maximum Gasteiger partial charge on any atom is 0.129 e. The van der Waals surface area contributed by atoms with Crippen LogP contribution in [-0.2, 0) is 0 Å². The van der Waals surface area contributed by atoms with Gasteiger partial charge in [0.2, 0.25) is 0 Å². The van der Waals surface area contributed by atoms with E-state index in [9.17, 15) is 4.39 Å². The van der Waals surface area contributed by atoms with E-state index in [1.807, 2.05) is 5.38 Å². The number of hydrogen-bond donors (Lipinski definition) is 1. The van der Waals surface area contributed by atoms with Crippen LogP contribution >= 0.6 is 22.9 Å². The summed E-state index contributed by atoms with van der Waals surface area (Å²) >= 11 is 7.33. The standard InChI is InChI=1S/C14H16ClFN2S/c1-8(2)12-7-19-14(18-12)13(17-3)10-5-4-9(15)6-11(10)16/h4-8,13,17H,1-3H3. The van der Waals surface area contributed by atoms with Crippen molar-refractivity contribution in [3.63, 3.8) is 0 Å². The van der Waals surface area contributed by atoms with Crippen LogP contribution in [0.3, 0.4) is 0 Å². The van der Waals surface area contributed by atoms with Crippen LogP contribution in [0.1, 0.15) is 42.1 Å². The molecule has 0 amide bonds. The number of aromatic nitrogens is 1. The molecule has 1 unspecified atom stereocenters. The van der Waals surface area contributed by atoms with Crippen molar-refractivity contribution in [3.8, 4) is 0 Å². The minimum atomic E-state index is -0.312. The molecular weight excluding hydrogens is 283 g/mol. The molecule has 0 aliphatic carbocycles. The van der Waals surface area contributed by atoms with E-state index in [0.717, 1.165) is 10.7 Å². The van der Waals surface area contributed by atoms with E-state index in [2.05, 4.69) is 24.1 Å². The molecule has 0 aliphatic heterocycles. The molecule has 19 heavy (non-hydrogen) atoms. The van der Waals surface area contributed by atoms with Crippen molar-refractivity contribution >= 4 is 22.9 Å². The first kappa shape index (κ1) is 14.4. The summed E-state index contributed by atoms with van der Waals surface area (Å²) in [6, 6.07) is 4.49. The lowest BCUT2D eigenvalue weighted by molar-refractivity contribution is 0.574. The highest BCUT2D eigenvalue weighted by atomic mass is 35.5. The summed E-state index contributed by atoms with van der Waals surface area (Å²) in [5, 5.41) is 6.41. The number of thiazole rings is 1. The van der Waals surface area contributed by atoms with E-state index in [1.54, 1.807) is 30.5 Å². The molecule has 2 aromatic rings. The highest BCUT2D eigenvalue weighted by molar-refractivity contribution is 7.09. The Hall–Kier alpha value is -0.970. The van der Waals surface area contributed by atoms with Gasteiger partial charge in [-0.25, -0.2) is 9.37 Å². The second-order valence-corrected chi connectivity index (χ2v) is 5.98. The summed E-state index contributed by atoms with van der Waals surface area (Å²) in [7, 11) is 1.80.